The minimum Gasteiger partial charge on any atom is -0.376 e. The van der Waals surface area contributed by atoms with Crippen LogP contribution in [-0.2, 0) is 9.47 Å². The van der Waals surface area contributed by atoms with Gasteiger partial charge in [-0.15, -0.1) is 0 Å². The number of benzene rings is 2. The molecule has 1 atom stereocenters. The molecule has 22 heavy (non-hydrogen) atoms. The van der Waals surface area contributed by atoms with Crippen molar-refractivity contribution in [2.24, 2.45) is 0 Å². The Hall–Kier alpha value is -2.30. The van der Waals surface area contributed by atoms with Crippen molar-refractivity contribution in [1.29, 1.82) is 0 Å². The molecule has 4 rings (SSSR count). The third-order valence-corrected chi connectivity index (χ3v) is 3.77. The van der Waals surface area contributed by atoms with Crippen molar-refractivity contribution in [2.75, 3.05) is 19.8 Å². The van der Waals surface area contributed by atoms with E-state index >= 15 is 0 Å². The molecule has 4 heteroatoms. The van der Waals surface area contributed by atoms with Gasteiger partial charge in [0.1, 0.15) is 6.10 Å². The van der Waals surface area contributed by atoms with Gasteiger partial charge >= 0.3 is 0 Å². The first-order valence-electron chi connectivity index (χ1n) is 7.43. The van der Waals surface area contributed by atoms with Gasteiger partial charge < -0.3 is 9.47 Å². The minimum atomic E-state index is -0.166. The van der Waals surface area contributed by atoms with E-state index in [2.05, 4.69) is 0 Å². The van der Waals surface area contributed by atoms with E-state index in [4.69, 9.17) is 19.4 Å². The topological polar surface area (TPSA) is 44.2 Å². The van der Waals surface area contributed by atoms with E-state index in [0.29, 0.717) is 19.8 Å². The van der Waals surface area contributed by atoms with E-state index in [-0.39, 0.29) is 6.10 Å². The summed E-state index contributed by atoms with van der Waals surface area (Å²) >= 11 is 0. The smallest absolute Gasteiger partial charge is 0.125 e. The van der Waals surface area contributed by atoms with Crippen molar-refractivity contribution in [3.05, 3.63) is 60.3 Å². The van der Waals surface area contributed by atoms with Gasteiger partial charge in [-0.05, 0) is 12.1 Å². The predicted octanol–water partition coefficient (Wildman–Crippen LogP) is 3.38. The van der Waals surface area contributed by atoms with Gasteiger partial charge in [0.2, 0.25) is 0 Å². The van der Waals surface area contributed by atoms with E-state index in [9.17, 15) is 0 Å². The summed E-state index contributed by atoms with van der Waals surface area (Å²) in [7, 11) is 0. The number of hydrogen-bond acceptors (Lipinski definition) is 4. The number of hydrogen-bond donors (Lipinski definition) is 0. The highest BCUT2D eigenvalue weighted by Gasteiger charge is 2.23. The van der Waals surface area contributed by atoms with Crippen LogP contribution in [0.4, 0.5) is 0 Å². The zero-order valence-corrected chi connectivity index (χ0v) is 12.1. The summed E-state index contributed by atoms with van der Waals surface area (Å²) in [6.07, 6.45) is -0.166. The van der Waals surface area contributed by atoms with E-state index in [1.807, 2.05) is 54.6 Å². The summed E-state index contributed by atoms with van der Waals surface area (Å²) in [5.41, 5.74) is 4.54. The molecule has 0 aliphatic carbocycles. The fourth-order valence-corrected chi connectivity index (χ4v) is 2.69. The Labute approximate surface area is 128 Å². The summed E-state index contributed by atoms with van der Waals surface area (Å²) < 4.78 is 11.4. The molecule has 0 amide bonds. The van der Waals surface area contributed by atoms with Crippen molar-refractivity contribution < 1.29 is 9.47 Å². The van der Waals surface area contributed by atoms with Crippen molar-refractivity contribution in [3.8, 4) is 11.3 Å². The zero-order chi connectivity index (χ0) is 14.8. The fourth-order valence-electron chi connectivity index (χ4n) is 2.69. The Balaban J connectivity index is 1.91. The van der Waals surface area contributed by atoms with Gasteiger partial charge in [-0.25, -0.2) is 9.97 Å². The third kappa shape index (κ3) is 2.47. The summed E-state index contributed by atoms with van der Waals surface area (Å²) in [6.45, 7) is 1.75. The maximum Gasteiger partial charge on any atom is 0.125 e. The Morgan fingerprint density at radius 3 is 2.27 bits per heavy atom. The molecular formula is C18H16N2O2. The molecule has 2 aromatic carbocycles. The average molecular weight is 292 g/mol. The molecule has 0 radical (unpaired) electrons. The second-order valence-electron chi connectivity index (χ2n) is 5.25. The number of ether oxygens (including phenoxy) is 2. The largest absolute Gasteiger partial charge is 0.376 e. The number of rotatable bonds is 2. The van der Waals surface area contributed by atoms with Crippen LogP contribution in [0.25, 0.3) is 22.3 Å². The predicted molar refractivity (Wildman–Crippen MR) is 84.5 cm³/mol. The second-order valence-corrected chi connectivity index (χ2v) is 5.25. The summed E-state index contributed by atoms with van der Waals surface area (Å²) in [4.78, 5) is 9.63. The van der Waals surface area contributed by atoms with Crippen LogP contribution in [0.2, 0.25) is 0 Å². The van der Waals surface area contributed by atoms with Crippen molar-refractivity contribution in [3.63, 3.8) is 0 Å². The minimum absolute atomic E-state index is 0.166. The maximum absolute atomic E-state index is 5.85. The van der Waals surface area contributed by atoms with Crippen LogP contribution in [0.1, 0.15) is 11.8 Å². The van der Waals surface area contributed by atoms with Crippen LogP contribution in [0, 0.1) is 0 Å². The first-order valence-corrected chi connectivity index (χ1v) is 7.43. The molecule has 3 aromatic rings. The molecule has 0 N–H and O–H groups in total. The Bertz CT molecular complexity index is 783. The zero-order valence-electron chi connectivity index (χ0n) is 12.1. The lowest BCUT2D eigenvalue weighted by molar-refractivity contribution is -0.0915. The van der Waals surface area contributed by atoms with Gasteiger partial charge in [0, 0.05) is 5.56 Å². The molecule has 4 nitrogen and oxygen atoms in total. The molecule has 1 unspecified atom stereocenters. The quantitative estimate of drug-likeness (QED) is 0.726. The molecule has 0 saturated carbocycles. The number of nitrogens with zero attached hydrogens (tertiary/aromatic N) is 2. The SMILES string of the molecule is c1ccc(-c2nc3ccccc3nc2C2COCCO2)cc1. The van der Waals surface area contributed by atoms with Gasteiger partial charge in [-0.3, -0.25) is 0 Å². The molecule has 110 valence electrons. The normalized spacial score (nSPS) is 18.5. The van der Waals surface area contributed by atoms with Crippen LogP contribution in [0.15, 0.2) is 54.6 Å². The molecule has 0 bridgehead atoms. The van der Waals surface area contributed by atoms with Gasteiger partial charge in [0.05, 0.1) is 42.2 Å². The van der Waals surface area contributed by atoms with Crippen LogP contribution in [-0.4, -0.2) is 29.8 Å². The van der Waals surface area contributed by atoms with Crippen molar-refractivity contribution in [2.45, 2.75) is 6.10 Å². The molecule has 1 fully saturated rings. The van der Waals surface area contributed by atoms with Crippen LogP contribution in [0.3, 0.4) is 0 Å². The third-order valence-electron chi connectivity index (χ3n) is 3.77. The highest BCUT2D eigenvalue weighted by molar-refractivity contribution is 5.78. The van der Waals surface area contributed by atoms with Crippen LogP contribution < -0.4 is 0 Å². The highest BCUT2D eigenvalue weighted by atomic mass is 16.6. The molecular weight excluding hydrogens is 276 g/mol. The van der Waals surface area contributed by atoms with Crippen LogP contribution >= 0.6 is 0 Å². The molecule has 1 aliphatic heterocycles. The molecule has 1 aliphatic rings. The van der Waals surface area contributed by atoms with E-state index in [1.165, 1.54) is 0 Å². The highest BCUT2D eigenvalue weighted by Crippen LogP contribution is 2.30. The maximum atomic E-state index is 5.85. The summed E-state index contributed by atoms with van der Waals surface area (Å²) in [5.74, 6) is 0. The monoisotopic (exact) mass is 292 g/mol. The molecule has 1 aromatic heterocycles. The molecule has 1 saturated heterocycles. The Morgan fingerprint density at radius 2 is 1.55 bits per heavy atom. The summed E-state index contributed by atoms with van der Waals surface area (Å²) in [6, 6.07) is 18.0. The lowest BCUT2D eigenvalue weighted by Gasteiger charge is -2.24. The van der Waals surface area contributed by atoms with E-state index < -0.39 is 0 Å². The Morgan fingerprint density at radius 1 is 0.818 bits per heavy atom. The number of fused-ring (bicyclic) bond motifs is 1. The van der Waals surface area contributed by atoms with Gasteiger partial charge in [0.25, 0.3) is 0 Å². The van der Waals surface area contributed by atoms with Crippen molar-refractivity contribution in [1.82, 2.24) is 9.97 Å². The average Bonchev–Trinajstić information content (AvgIpc) is 2.62. The lowest BCUT2D eigenvalue weighted by Crippen LogP contribution is -2.23. The Kier molecular flexibility index (Phi) is 3.54. The first kappa shape index (κ1) is 13.4. The van der Waals surface area contributed by atoms with E-state index in [0.717, 1.165) is 28.0 Å². The molecule has 2 heterocycles. The number of para-hydroxylation sites is 2. The van der Waals surface area contributed by atoms with Crippen molar-refractivity contribution >= 4 is 11.0 Å². The fraction of sp³-hybridized carbons (Fsp3) is 0.222. The van der Waals surface area contributed by atoms with Gasteiger partial charge in [0.15, 0.2) is 0 Å². The standard InChI is InChI=1S/C18H16N2O2/c1-2-6-13(7-3-1)17-18(16-12-21-10-11-22-16)20-15-9-5-4-8-14(15)19-17/h1-9,16H,10-12H2. The van der Waals surface area contributed by atoms with Crippen LogP contribution in [0.5, 0.6) is 0 Å². The number of aromatic nitrogens is 2. The summed E-state index contributed by atoms with van der Waals surface area (Å²) in [5, 5.41) is 0. The second kappa shape index (κ2) is 5.83. The van der Waals surface area contributed by atoms with Gasteiger partial charge in [-0.1, -0.05) is 42.5 Å². The molecule has 0 spiro atoms. The lowest BCUT2D eigenvalue weighted by atomic mass is 10.1. The van der Waals surface area contributed by atoms with E-state index in [1.54, 1.807) is 0 Å². The first-order chi connectivity index (χ1) is 10.9. The van der Waals surface area contributed by atoms with Gasteiger partial charge in [-0.2, -0.15) is 0 Å².